The molecule has 0 aromatic rings. The highest BCUT2D eigenvalue weighted by atomic mass is 16.5. The Kier molecular flexibility index (Phi) is 3.90. The lowest BCUT2D eigenvalue weighted by molar-refractivity contribution is 0.0654. The van der Waals surface area contributed by atoms with Crippen LogP contribution in [0.3, 0.4) is 0 Å². The average Bonchev–Trinajstić information content (AvgIpc) is 2.48. The Labute approximate surface area is 87.0 Å². The highest BCUT2D eigenvalue weighted by Gasteiger charge is 2.30. The van der Waals surface area contributed by atoms with Gasteiger partial charge < -0.3 is 10.1 Å². The van der Waals surface area contributed by atoms with Crippen LogP contribution >= 0.6 is 0 Å². The Bertz CT molecular complexity index is 243. The van der Waals surface area contributed by atoms with Crippen molar-refractivity contribution in [1.29, 1.82) is 0 Å². The van der Waals surface area contributed by atoms with Crippen LogP contribution in [-0.4, -0.2) is 25.8 Å². The molecule has 0 aromatic carbocycles. The first-order valence-electron chi connectivity index (χ1n) is 5.23. The lowest BCUT2D eigenvalue weighted by atomic mass is 9.98. The van der Waals surface area contributed by atoms with E-state index in [9.17, 15) is 0 Å². The van der Waals surface area contributed by atoms with Crippen LogP contribution in [0.15, 0.2) is 23.8 Å². The van der Waals surface area contributed by atoms with Gasteiger partial charge in [-0.2, -0.15) is 0 Å². The van der Waals surface area contributed by atoms with E-state index in [-0.39, 0.29) is 5.60 Å². The zero-order chi connectivity index (χ0) is 10.6. The lowest BCUT2D eigenvalue weighted by Crippen LogP contribution is -2.41. The number of hydrogen-bond donors (Lipinski definition) is 1. The van der Waals surface area contributed by atoms with Gasteiger partial charge in [-0.05, 0) is 31.0 Å². The number of hydrogen-bond acceptors (Lipinski definition) is 2. The zero-order valence-electron chi connectivity index (χ0n) is 9.63. The molecule has 1 aliphatic rings. The van der Waals surface area contributed by atoms with Gasteiger partial charge in [0.1, 0.15) is 5.60 Å². The van der Waals surface area contributed by atoms with E-state index in [1.165, 1.54) is 5.57 Å². The molecule has 0 spiro atoms. The molecule has 0 saturated heterocycles. The molecule has 2 nitrogen and oxygen atoms in total. The summed E-state index contributed by atoms with van der Waals surface area (Å²) < 4.78 is 5.58. The molecule has 0 heterocycles. The molecule has 14 heavy (non-hydrogen) atoms. The van der Waals surface area contributed by atoms with E-state index in [2.05, 4.69) is 44.3 Å². The van der Waals surface area contributed by atoms with Crippen LogP contribution in [0.5, 0.6) is 0 Å². The predicted octanol–water partition coefficient (Wildman–Crippen LogP) is 2.13. The predicted molar refractivity (Wildman–Crippen MR) is 60.3 cm³/mol. The zero-order valence-corrected chi connectivity index (χ0v) is 9.63. The van der Waals surface area contributed by atoms with Crippen LogP contribution in [0.25, 0.3) is 0 Å². The van der Waals surface area contributed by atoms with Crippen LogP contribution in [0.2, 0.25) is 0 Å². The van der Waals surface area contributed by atoms with E-state index in [4.69, 9.17) is 4.74 Å². The van der Waals surface area contributed by atoms with Crippen LogP contribution in [0.4, 0.5) is 0 Å². The largest absolute Gasteiger partial charge is 0.368 e. The van der Waals surface area contributed by atoms with E-state index in [0.29, 0.717) is 5.92 Å². The van der Waals surface area contributed by atoms with Crippen molar-refractivity contribution in [1.82, 2.24) is 5.32 Å². The monoisotopic (exact) mass is 195 g/mol. The summed E-state index contributed by atoms with van der Waals surface area (Å²) in [5.41, 5.74) is 1.07. The average molecular weight is 195 g/mol. The molecule has 1 N–H and O–H groups in total. The third-order valence-electron chi connectivity index (χ3n) is 2.68. The molecule has 1 unspecified atom stereocenters. The van der Waals surface area contributed by atoms with E-state index < -0.39 is 0 Å². The first-order chi connectivity index (χ1) is 6.60. The minimum absolute atomic E-state index is 0.200. The molecule has 0 amide bonds. The minimum atomic E-state index is -0.200. The summed E-state index contributed by atoms with van der Waals surface area (Å²) in [7, 11) is 1.77. The summed E-state index contributed by atoms with van der Waals surface area (Å²) in [5.74, 6) is 0.679. The van der Waals surface area contributed by atoms with Gasteiger partial charge in [-0.1, -0.05) is 26.0 Å². The number of nitrogens with one attached hydrogen (secondary N) is 1. The molecule has 2 heteroatoms. The summed E-state index contributed by atoms with van der Waals surface area (Å²) in [5, 5.41) is 3.43. The fraction of sp³-hybridized carbons (Fsp3) is 0.667. The van der Waals surface area contributed by atoms with E-state index in [1.807, 2.05) is 0 Å². The van der Waals surface area contributed by atoms with Gasteiger partial charge in [0.15, 0.2) is 0 Å². The highest BCUT2D eigenvalue weighted by molar-refractivity contribution is 5.36. The second-order valence-electron chi connectivity index (χ2n) is 4.33. The quantitative estimate of drug-likeness (QED) is 0.725. The van der Waals surface area contributed by atoms with Crippen molar-refractivity contribution in [3.05, 3.63) is 23.8 Å². The fourth-order valence-corrected chi connectivity index (χ4v) is 1.67. The van der Waals surface area contributed by atoms with Crippen LogP contribution in [0.1, 0.15) is 20.8 Å². The van der Waals surface area contributed by atoms with Crippen molar-refractivity contribution in [2.45, 2.75) is 26.4 Å². The normalized spacial score (nSPS) is 25.9. The minimum Gasteiger partial charge on any atom is -0.368 e. The van der Waals surface area contributed by atoms with Gasteiger partial charge in [0.2, 0.25) is 0 Å². The maximum Gasteiger partial charge on any atom is 0.120 e. The molecule has 0 fully saturated rings. The maximum absolute atomic E-state index is 5.58. The van der Waals surface area contributed by atoms with Crippen molar-refractivity contribution >= 4 is 0 Å². The van der Waals surface area contributed by atoms with Crippen LogP contribution in [0, 0.1) is 5.92 Å². The van der Waals surface area contributed by atoms with Gasteiger partial charge in [-0.25, -0.2) is 0 Å². The Morgan fingerprint density at radius 3 is 2.64 bits per heavy atom. The van der Waals surface area contributed by atoms with Crippen molar-refractivity contribution in [2.75, 3.05) is 20.2 Å². The van der Waals surface area contributed by atoms with Gasteiger partial charge >= 0.3 is 0 Å². The molecular formula is C12H21NO. The first kappa shape index (κ1) is 11.5. The summed E-state index contributed by atoms with van der Waals surface area (Å²) in [6, 6.07) is 0. The Morgan fingerprint density at radius 1 is 1.50 bits per heavy atom. The van der Waals surface area contributed by atoms with Gasteiger partial charge in [0.05, 0.1) is 0 Å². The van der Waals surface area contributed by atoms with Crippen LogP contribution in [-0.2, 0) is 4.74 Å². The van der Waals surface area contributed by atoms with Crippen molar-refractivity contribution in [2.24, 2.45) is 5.92 Å². The number of methoxy groups -OCH3 is 1. The van der Waals surface area contributed by atoms with E-state index in [0.717, 1.165) is 13.1 Å². The summed E-state index contributed by atoms with van der Waals surface area (Å²) in [4.78, 5) is 0. The molecule has 1 rings (SSSR count). The molecule has 0 radical (unpaired) electrons. The van der Waals surface area contributed by atoms with Gasteiger partial charge in [0, 0.05) is 13.7 Å². The van der Waals surface area contributed by atoms with E-state index >= 15 is 0 Å². The fourth-order valence-electron chi connectivity index (χ4n) is 1.67. The SMILES string of the molecule is COC1(CNCC(C)C)C=CC=C1C. The molecule has 0 bridgehead atoms. The third-order valence-corrected chi connectivity index (χ3v) is 2.68. The Balaban J connectivity index is 2.47. The molecule has 1 atom stereocenters. The summed E-state index contributed by atoms with van der Waals surface area (Å²) in [6.07, 6.45) is 6.30. The molecular weight excluding hydrogens is 174 g/mol. The van der Waals surface area contributed by atoms with Gasteiger partial charge in [0.25, 0.3) is 0 Å². The second-order valence-corrected chi connectivity index (χ2v) is 4.33. The van der Waals surface area contributed by atoms with Crippen molar-refractivity contribution < 1.29 is 4.74 Å². The number of ether oxygens (including phenoxy) is 1. The van der Waals surface area contributed by atoms with Gasteiger partial charge in [-0.3, -0.25) is 0 Å². The smallest absolute Gasteiger partial charge is 0.120 e. The first-order valence-corrected chi connectivity index (χ1v) is 5.23. The van der Waals surface area contributed by atoms with Crippen molar-refractivity contribution in [3.63, 3.8) is 0 Å². The highest BCUT2D eigenvalue weighted by Crippen LogP contribution is 2.26. The lowest BCUT2D eigenvalue weighted by Gasteiger charge is -2.28. The number of rotatable bonds is 5. The molecule has 0 aromatic heterocycles. The topological polar surface area (TPSA) is 21.3 Å². The van der Waals surface area contributed by atoms with E-state index in [1.54, 1.807) is 7.11 Å². The molecule has 0 aliphatic heterocycles. The maximum atomic E-state index is 5.58. The second kappa shape index (κ2) is 4.76. The molecule has 0 saturated carbocycles. The molecule has 1 aliphatic carbocycles. The number of allylic oxidation sites excluding steroid dienone is 2. The third kappa shape index (κ3) is 2.46. The van der Waals surface area contributed by atoms with Gasteiger partial charge in [-0.15, -0.1) is 0 Å². The van der Waals surface area contributed by atoms with Crippen molar-refractivity contribution in [3.8, 4) is 0 Å². The molecule has 80 valence electrons. The Hall–Kier alpha value is -0.600. The summed E-state index contributed by atoms with van der Waals surface area (Å²) >= 11 is 0. The van der Waals surface area contributed by atoms with Crippen LogP contribution < -0.4 is 5.32 Å². The summed E-state index contributed by atoms with van der Waals surface area (Å²) in [6.45, 7) is 8.42. The Morgan fingerprint density at radius 2 is 2.21 bits per heavy atom. The standard InChI is InChI=1S/C12H21NO/c1-10(2)8-13-9-12(14-4)7-5-6-11(12)3/h5-7,10,13H,8-9H2,1-4H3.